The van der Waals surface area contributed by atoms with Gasteiger partial charge in [0.1, 0.15) is 5.82 Å². The summed E-state index contributed by atoms with van der Waals surface area (Å²) in [5.74, 6) is -0.629. The lowest BCUT2D eigenvalue weighted by atomic mass is 10.1. The molecule has 0 aliphatic carbocycles. The summed E-state index contributed by atoms with van der Waals surface area (Å²) in [4.78, 5) is 13.2. The fraction of sp³-hybridized carbons (Fsp3) is 0.300. The van der Waals surface area contributed by atoms with Crippen LogP contribution in [0.25, 0.3) is 0 Å². The molecule has 0 amide bonds. The summed E-state index contributed by atoms with van der Waals surface area (Å²) in [6, 6.07) is 3.78. The Labute approximate surface area is 87.3 Å². The maximum atomic E-state index is 12.8. The summed E-state index contributed by atoms with van der Waals surface area (Å²) < 4.78 is 12.8. The van der Waals surface area contributed by atoms with E-state index < -0.39 is 5.82 Å². The Morgan fingerprint density at radius 1 is 1.50 bits per heavy atom. The number of carbonyl (C=O) groups is 1. The molecule has 0 spiro atoms. The van der Waals surface area contributed by atoms with E-state index in [0.717, 1.165) is 6.07 Å². The first kappa shape index (κ1) is 11.1. The molecule has 0 atom stereocenters. The number of likely N-dealkylation sites (N-methyl/N-ethyl adjacent to an activating group) is 1. The van der Waals surface area contributed by atoms with E-state index in [1.54, 1.807) is 19.0 Å². The molecule has 0 fully saturated rings. The van der Waals surface area contributed by atoms with E-state index in [1.807, 2.05) is 0 Å². The highest BCUT2D eigenvalue weighted by Gasteiger charge is 2.11. The van der Waals surface area contributed by atoms with Crippen molar-refractivity contribution < 1.29 is 9.18 Å². The Hall–Kier alpha value is -0.930. The molecule has 1 aromatic rings. The quantitative estimate of drug-likeness (QED) is 0.721. The first-order valence-corrected chi connectivity index (χ1v) is 4.51. The van der Waals surface area contributed by atoms with Gasteiger partial charge in [-0.3, -0.25) is 4.79 Å². The largest absolute Gasteiger partial charge is 0.302 e. The van der Waals surface area contributed by atoms with Gasteiger partial charge in [0.2, 0.25) is 0 Å². The highest BCUT2D eigenvalue weighted by molar-refractivity contribution is 6.34. The van der Waals surface area contributed by atoms with Gasteiger partial charge in [0, 0.05) is 5.56 Å². The Bertz CT molecular complexity index is 352. The lowest BCUT2D eigenvalue weighted by molar-refractivity contribution is 0.0957. The van der Waals surface area contributed by atoms with E-state index >= 15 is 0 Å². The number of Topliss-reactive ketones (excluding diaryl/α,β-unsaturated/α-hetero) is 1. The highest BCUT2D eigenvalue weighted by atomic mass is 35.5. The van der Waals surface area contributed by atoms with Crippen LogP contribution >= 0.6 is 11.6 Å². The van der Waals surface area contributed by atoms with Gasteiger partial charge in [-0.2, -0.15) is 0 Å². The number of carbonyl (C=O) groups excluding carboxylic acids is 1. The van der Waals surface area contributed by atoms with Crippen molar-refractivity contribution in [2.75, 3.05) is 20.6 Å². The van der Waals surface area contributed by atoms with Crippen LogP contribution in [0.5, 0.6) is 0 Å². The third-order valence-corrected chi connectivity index (χ3v) is 2.02. The first-order chi connectivity index (χ1) is 6.50. The van der Waals surface area contributed by atoms with Crippen molar-refractivity contribution in [2.24, 2.45) is 0 Å². The molecule has 0 radical (unpaired) electrons. The summed E-state index contributed by atoms with van der Waals surface area (Å²) in [7, 11) is 3.54. The van der Waals surface area contributed by atoms with Gasteiger partial charge in [-0.1, -0.05) is 11.6 Å². The summed E-state index contributed by atoms with van der Waals surface area (Å²) in [5, 5.41) is 0.290. The van der Waals surface area contributed by atoms with E-state index in [2.05, 4.69) is 0 Å². The van der Waals surface area contributed by atoms with Crippen LogP contribution in [0.3, 0.4) is 0 Å². The van der Waals surface area contributed by atoms with Crippen LogP contribution in [0, 0.1) is 5.82 Å². The minimum atomic E-state index is -0.448. The maximum Gasteiger partial charge on any atom is 0.178 e. The lowest BCUT2D eigenvalue weighted by Crippen LogP contribution is -2.22. The van der Waals surface area contributed by atoms with Crippen LogP contribution < -0.4 is 0 Å². The number of hydrogen-bond donors (Lipinski definition) is 0. The maximum absolute atomic E-state index is 12.8. The Balaban J connectivity index is 2.94. The third-order valence-electron chi connectivity index (χ3n) is 1.69. The Morgan fingerprint density at radius 2 is 2.14 bits per heavy atom. The zero-order valence-electron chi connectivity index (χ0n) is 8.05. The van der Waals surface area contributed by atoms with Crippen molar-refractivity contribution in [3.05, 3.63) is 34.6 Å². The highest BCUT2D eigenvalue weighted by Crippen LogP contribution is 2.17. The SMILES string of the molecule is CN(C)CC(=O)c1cc(F)ccc1Cl. The standard InChI is InChI=1S/C10H11ClFNO/c1-13(2)6-10(14)8-5-7(12)3-4-9(8)11/h3-5H,6H2,1-2H3. The molecule has 0 heterocycles. The average molecular weight is 216 g/mol. The van der Waals surface area contributed by atoms with E-state index in [-0.39, 0.29) is 17.9 Å². The normalized spacial score (nSPS) is 10.6. The number of rotatable bonds is 3. The topological polar surface area (TPSA) is 20.3 Å². The van der Waals surface area contributed by atoms with Crippen LogP contribution in [0.4, 0.5) is 4.39 Å². The third kappa shape index (κ3) is 2.79. The monoisotopic (exact) mass is 215 g/mol. The molecule has 0 aliphatic heterocycles. The van der Waals surface area contributed by atoms with Gasteiger partial charge in [0.05, 0.1) is 11.6 Å². The summed E-state index contributed by atoms with van der Waals surface area (Å²) >= 11 is 5.77. The molecule has 0 bridgehead atoms. The fourth-order valence-corrected chi connectivity index (χ4v) is 1.31. The molecule has 0 aromatic heterocycles. The zero-order valence-corrected chi connectivity index (χ0v) is 8.81. The molecule has 4 heteroatoms. The second-order valence-electron chi connectivity index (χ2n) is 3.29. The van der Waals surface area contributed by atoms with Gasteiger partial charge in [-0.05, 0) is 32.3 Å². The van der Waals surface area contributed by atoms with Gasteiger partial charge >= 0.3 is 0 Å². The number of nitrogens with zero attached hydrogens (tertiary/aromatic N) is 1. The van der Waals surface area contributed by atoms with E-state index in [9.17, 15) is 9.18 Å². The van der Waals surface area contributed by atoms with E-state index in [4.69, 9.17) is 11.6 Å². The van der Waals surface area contributed by atoms with Crippen molar-refractivity contribution in [3.8, 4) is 0 Å². The molecule has 0 saturated carbocycles. The van der Waals surface area contributed by atoms with Crippen molar-refractivity contribution in [1.82, 2.24) is 4.90 Å². The first-order valence-electron chi connectivity index (χ1n) is 4.13. The zero-order chi connectivity index (χ0) is 10.7. The van der Waals surface area contributed by atoms with E-state index in [0.29, 0.717) is 5.02 Å². The van der Waals surface area contributed by atoms with Crippen LogP contribution in [0.1, 0.15) is 10.4 Å². The average Bonchev–Trinajstić information content (AvgIpc) is 2.08. The molecule has 2 nitrogen and oxygen atoms in total. The van der Waals surface area contributed by atoms with Gasteiger partial charge in [0.15, 0.2) is 5.78 Å². The minimum absolute atomic E-state index is 0.181. The number of benzene rings is 1. The molecular formula is C10H11ClFNO. The summed E-state index contributed by atoms with van der Waals surface area (Å²) in [6.07, 6.45) is 0. The van der Waals surface area contributed by atoms with Gasteiger partial charge in [-0.25, -0.2) is 4.39 Å². The minimum Gasteiger partial charge on any atom is -0.302 e. The molecule has 0 aliphatic rings. The molecule has 0 saturated heterocycles. The van der Waals surface area contributed by atoms with Crippen molar-refractivity contribution in [3.63, 3.8) is 0 Å². The van der Waals surface area contributed by atoms with Gasteiger partial charge < -0.3 is 4.90 Å². The smallest absolute Gasteiger partial charge is 0.178 e. The predicted molar refractivity (Wildman–Crippen MR) is 54.3 cm³/mol. The summed E-state index contributed by atoms with van der Waals surface area (Å²) in [6.45, 7) is 0.225. The van der Waals surface area contributed by atoms with Gasteiger partial charge in [-0.15, -0.1) is 0 Å². The number of ketones is 1. The predicted octanol–water partition coefficient (Wildman–Crippen LogP) is 2.22. The lowest BCUT2D eigenvalue weighted by Gasteiger charge is -2.09. The number of hydrogen-bond acceptors (Lipinski definition) is 2. The van der Waals surface area contributed by atoms with Gasteiger partial charge in [0.25, 0.3) is 0 Å². The molecule has 14 heavy (non-hydrogen) atoms. The Kier molecular flexibility index (Phi) is 3.61. The van der Waals surface area contributed by atoms with E-state index in [1.165, 1.54) is 12.1 Å². The molecule has 1 rings (SSSR count). The number of halogens is 2. The van der Waals surface area contributed by atoms with Crippen molar-refractivity contribution in [2.45, 2.75) is 0 Å². The molecule has 76 valence electrons. The van der Waals surface area contributed by atoms with Crippen LogP contribution in [-0.2, 0) is 0 Å². The van der Waals surface area contributed by atoms with Crippen LogP contribution in [0.2, 0.25) is 5.02 Å². The fourth-order valence-electron chi connectivity index (χ4n) is 1.08. The van der Waals surface area contributed by atoms with Crippen molar-refractivity contribution in [1.29, 1.82) is 0 Å². The molecule has 0 N–H and O–H groups in total. The Morgan fingerprint density at radius 3 is 2.71 bits per heavy atom. The second-order valence-corrected chi connectivity index (χ2v) is 3.69. The molecule has 1 aromatic carbocycles. The summed E-state index contributed by atoms with van der Waals surface area (Å²) in [5.41, 5.74) is 0.236. The van der Waals surface area contributed by atoms with Crippen LogP contribution in [0.15, 0.2) is 18.2 Å². The van der Waals surface area contributed by atoms with Crippen molar-refractivity contribution >= 4 is 17.4 Å². The molecular weight excluding hydrogens is 205 g/mol. The molecule has 0 unspecified atom stereocenters. The van der Waals surface area contributed by atoms with Crippen LogP contribution in [-0.4, -0.2) is 31.3 Å². The second kappa shape index (κ2) is 4.53.